The summed E-state index contributed by atoms with van der Waals surface area (Å²) in [6, 6.07) is 16.2. The van der Waals surface area contributed by atoms with Crippen LogP contribution in [-0.4, -0.2) is 65.9 Å². The third-order valence-corrected chi connectivity index (χ3v) is 8.01. The summed E-state index contributed by atoms with van der Waals surface area (Å²) >= 11 is 3.63. The Balaban J connectivity index is 1.34. The largest absolute Gasteiger partial charge is 0.339 e. The van der Waals surface area contributed by atoms with Crippen LogP contribution >= 0.6 is 15.9 Å². The molecule has 0 bridgehead atoms. The van der Waals surface area contributed by atoms with Crippen LogP contribution in [0.3, 0.4) is 0 Å². The van der Waals surface area contributed by atoms with Crippen molar-refractivity contribution in [3.05, 3.63) is 69.2 Å². The van der Waals surface area contributed by atoms with E-state index in [0.717, 1.165) is 49.7 Å². The van der Waals surface area contributed by atoms with Gasteiger partial charge in [0, 0.05) is 43.2 Å². The fourth-order valence-electron chi connectivity index (χ4n) is 5.44. The van der Waals surface area contributed by atoms with E-state index in [0.29, 0.717) is 6.54 Å². The number of aryl methyl sites for hydroxylation is 1. The van der Waals surface area contributed by atoms with E-state index in [9.17, 15) is 4.79 Å². The topological polar surface area (TPSA) is 26.8 Å². The summed E-state index contributed by atoms with van der Waals surface area (Å²) in [6.45, 7) is 7.42. The van der Waals surface area contributed by atoms with Gasteiger partial charge in [-0.15, -0.1) is 0 Å². The molecule has 1 aliphatic carbocycles. The minimum atomic E-state index is 0.137. The summed E-state index contributed by atoms with van der Waals surface area (Å²) < 4.78 is 1.13. The minimum Gasteiger partial charge on any atom is -0.339 e. The third kappa shape index (κ3) is 4.33. The van der Waals surface area contributed by atoms with Crippen molar-refractivity contribution >= 4 is 21.8 Å². The predicted molar refractivity (Wildman–Crippen MR) is 128 cm³/mol. The molecule has 1 unspecified atom stereocenters. The number of carbonyl (C=O) groups is 1. The quantitative estimate of drug-likeness (QED) is 0.647. The third-order valence-electron chi connectivity index (χ3n) is 7.51. The zero-order valence-corrected chi connectivity index (χ0v) is 20.0. The van der Waals surface area contributed by atoms with Crippen molar-refractivity contribution < 1.29 is 4.79 Å². The van der Waals surface area contributed by atoms with Crippen molar-refractivity contribution in [1.29, 1.82) is 0 Å². The SMILES string of the molecule is Cc1ccccc1C1c2ccc(Br)cc2CCN1CC(=O)N1CCN(C2CCC2)CC1. The van der Waals surface area contributed by atoms with Crippen LogP contribution in [0.4, 0.5) is 0 Å². The van der Waals surface area contributed by atoms with Gasteiger partial charge in [0.05, 0.1) is 12.6 Å². The Morgan fingerprint density at radius 1 is 1.00 bits per heavy atom. The number of hydrogen-bond acceptors (Lipinski definition) is 3. The molecular formula is C26H32BrN3O. The summed E-state index contributed by atoms with van der Waals surface area (Å²) in [5, 5.41) is 0. The second-order valence-corrected chi connectivity index (χ2v) is 10.2. The minimum absolute atomic E-state index is 0.137. The molecule has 164 valence electrons. The first-order valence-electron chi connectivity index (χ1n) is 11.7. The van der Waals surface area contributed by atoms with E-state index in [1.807, 2.05) is 0 Å². The highest BCUT2D eigenvalue weighted by Crippen LogP contribution is 2.37. The first kappa shape index (κ1) is 21.2. The summed E-state index contributed by atoms with van der Waals surface area (Å²) in [4.78, 5) is 20.4. The normalized spacial score (nSPS) is 22.8. The molecule has 5 heteroatoms. The molecular weight excluding hydrogens is 450 g/mol. The van der Waals surface area contributed by atoms with Gasteiger partial charge in [0.2, 0.25) is 5.91 Å². The maximum atomic E-state index is 13.3. The van der Waals surface area contributed by atoms with Crippen molar-refractivity contribution in [2.45, 2.75) is 44.7 Å². The first-order chi connectivity index (χ1) is 15.1. The molecule has 2 aromatic rings. The molecule has 2 heterocycles. The van der Waals surface area contributed by atoms with Crippen molar-refractivity contribution in [3.8, 4) is 0 Å². The zero-order chi connectivity index (χ0) is 21.4. The fourth-order valence-corrected chi connectivity index (χ4v) is 5.85. The highest BCUT2D eigenvalue weighted by atomic mass is 79.9. The van der Waals surface area contributed by atoms with Gasteiger partial charge in [0.15, 0.2) is 0 Å². The maximum absolute atomic E-state index is 13.3. The lowest BCUT2D eigenvalue weighted by molar-refractivity contribution is -0.135. The standard InChI is InChI=1S/C26H32BrN3O/c1-19-5-2-3-8-23(19)26-24-10-9-21(27)17-20(24)11-12-30(26)18-25(31)29-15-13-28(14-16-29)22-6-4-7-22/h2-3,5,8-10,17,22,26H,4,6-7,11-16,18H2,1H3. The number of benzene rings is 2. The van der Waals surface area contributed by atoms with E-state index in [-0.39, 0.29) is 11.9 Å². The number of halogens is 1. The lowest BCUT2D eigenvalue weighted by Crippen LogP contribution is -2.55. The van der Waals surface area contributed by atoms with Gasteiger partial charge in [-0.1, -0.05) is 52.7 Å². The number of carbonyl (C=O) groups excluding carboxylic acids is 1. The number of fused-ring (bicyclic) bond motifs is 1. The van der Waals surface area contributed by atoms with Crippen LogP contribution in [0.25, 0.3) is 0 Å². The Bertz CT molecular complexity index is 949. The summed E-state index contributed by atoms with van der Waals surface area (Å²) in [5.74, 6) is 0.285. The van der Waals surface area contributed by atoms with Gasteiger partial charge in [0.25, 0.3) is 0 Å². The molecule has 3 aliphatic rings. The number of hydrogen-bond donors (Lipinski definition) is 0. The molecule has 1 atom stereocenters. The smallest absolute Gasteiger partial charge is 0.236 e. The van der Waals surface area contributed by atoms with Gasteiger partial charge in [-0.2, -0.15) is 0 Å². The van der Waals surface area contributed by atoms with Crippen molar-refractivity contribution in [2.24, 2.45) is 0 Å². The average molecular weight is 482 g/mol. The zero-order valence-electron chi connectivity index (χ0n) is 18.4. The molecule has 1 amide bonds. The van der Waals surface area contributed by atoms with E-state index >= 15 is 0 Å². The van der Waals surface area contributed by atoms with Gasteiger partial charge < -0.3 is 4.90 Å². The van der Waals surface area contributed by atoms with E-state index in [2.05, 4.69) is 80.0 Å². The van der Waals surface area contributed by atoms with Crippen molar-refractivity contribution in [1.82, 2.24) is 14.7 Å². The van der Waals surface area contributed by atoms with Crippen LogP contribution in [0.2, 0.25) is 0 Å². The molecule has 2 fully saturated rings. The van der Waals surface area contributed by atoms with Gasteiger partial charge in [0.1, 0.15) is 0 Å². The van der Waals surface area contributed by atoms with Crippen LogP contribution in [-0.2, 0) is 11.2 Å². The summed E-state index contributed by atoms with van der Waals surface area (Å²) in [5.41, 5.74) is 5.33. The predicted octanol–water partition coefficient (Wildman–Crippen LogP) is 4.40. The van der Waals surface area contributed by atoms with Crippen LogP contribution in [0.5, 0.6) is 0 Å². The van der Waals surface area contributed by atoms with Gasteiger partial charge in [-0.25, -0.2) is 0 Å². The Morgan fingerprint density at radius 3 is 2.48 bits per heavy atom. The van der Waals surface area contributed by atoms with Gasteiger partial charge in [-0.3, -0.25) is 14.6 Å². The maximum Gasteiger partial charge on any atom is 0.236 e. The molecule has 0 N–H and O–H groups in total. The fraction of sp³-hybridized carbons (Fsp3) is 0.500. The summed E-state index contributed by atoms with van der Waals surface area (Å²) in [7, 11) is 0. The second kappa shape index (κ2) is 9.05. The Kier molecular flexibility index (Phi) is 6.18. The molecule has 4 nitrogen and oxygen atoms in total. The molecule has 2 aliphatic heterocycles. The van der Waals surface area contributed by atoms with E-state index in [4.69, 9.17) is 0 Å². The van der Waals surface area contributed by atoms with Gasteiger partial charge in [-0.05, 0) is 60.6 Å². The van der Waals surface area contributed by atoms with Crippen LogP contribution in [0.15, 0.2) is 46.9 Å². The molecule has 0 radical (unpaired) electrons. The van der Waals surface area contributed by atoms with Crippen LogP contribution < -0.4 is 0 Å². The van der Waals surface area contributed by atoms with Crippen molar-refractivity contribution in [2.75, 3.05) is 39.3 Å². The molecule has 31 heavy (non-hydrogen) atoms. The van der Waals surface area contributed by atoms with E-state index in [1.54, 1.807) is 0 Å². The van der Waals surface area contributed by atoms with E-state index < -0.39 is 0 Å². The lowest BCUT2D eigenvalue weighted by atomic mass is 9.86. The second-order valence-electron chi connectivity index (χ2n) is 9.32. The Labute approximate surface area is 194 Å². The molecule has 1 saturated carbocycles. The average Bonchev–Trinajstić information content (AvgIpc) is 2.73. The number of piperazine rings is 1. The monoisotopic (exact) mass is 481 g/mol. The number of nitrogens with zero attached hydrogens (tertiary/aromatic N) is 3. The van der Waals surface area contributed by atoms with E-state index in [1.165, 1.54) is 41.5 Å². The molecule has 2 aromatic carbocycles. The lowest BCUT2D eigenvalue weighted by Gasteiger charge is -2.44. The van der Waals surface area contributed by atoms with Crippen LogP contribution in [0, 0.1) is 6.92 Å². The summed E-state index contributed by atoms with van der Waals surface area (Å²) in [6.07, 6.45) is 5.04. The molecule has 0 spiro atoms. The molecule has 5 rings (SSSR count). The van der Waals surface area contributed by atoms with Crippen LogP contribution in [0.1, 0.15) is 47.6 Å². The highest BCUT2D eigenvalue weighted by molar-refractivity contribution is 9.10. The Hall–Kier alpha value is -1.69. The Morgan fingerprint density at radius 2 is 1.77 bits per heavy atom. The van der Waals surface area contributed by atoms with Crippen molar-refractivity contribution in [3.63, 3.8) is 0 Å². The number of amides is 1. The van der Waals surface area contributed by atoms with Gasteiger partial charge >= 0.3 is 0 Å². The molecule has 0 aromatic heterocycles. The molecule has 1 saturated heterocycles. The first-order valence-corrected chi connectivity index (χ1v) is 12.5. The highest BCUT2D eigenvalue weighted by Gasteiger charge is 2.34. The number of rotatable bonds is 4.